The lowest BCUT2D eigenvalue weighted by atomic mass is 9.76. The molecular weight excluding hydrogens is 220 g/mol. The lowest BCUT2D eigenvalue weighted by Crippen LogP contribution is -2.53. The second-order valence-corrected chi connectivity index (χ2v) is 6.23. The van der Waals surface area contributed by atoms with E-state index in [0.29, 0.717) is 0 Å². The summed E-state index contributed by atoms with van der Waals surface area (Å²) in [6.07, 6.45) is 6.67. The van der Waals surface area contributed by atoms with E-state index in [-0.39, 0.29) is 5.54 Å². The SMILES string of the molecule is CC(CN)(CC1CCC1)N1CCc2ccccc21. The summed E-state index contributed by atoms with van der Waals surface area (Å²) in [6, 6.07) is 8.82. The third-order valence-electron chi connectivity index (χ3n) is 4.93. The van der Waals surface area contributed by atoms with Crippen molar-refractivity contribution in [2.45, 2.75) is 44.6 Å². The van der Waals surface area contributed by atoms with Crippen LogP contribution in [0.2, 0.25) is 0 Å². The van der Waals surface area contributed by atoms with Crippen LogP contribution in [-0.4, -0.2) is 18.6 Å². The van der Waals surface area contributed by atoms with E-state index in [1.54, 1.807) is 0 Å². The summed E-state index contributed by atoms with van der Waals surface area (Å²) in [5, 5.41) is 0. The zero-order valence-corrected chi connectivity index (χ0v) is 11.4. The van der Waals surface area contributed by atoms with Crippen molar-refractivity contribution in [1.82, 2.24) is 0 Å². The van der Waals surface area contributed by atoms with Crippen molar-refractivity contribution in [1.29, 1.82) is 0 Å². The van der Waals surface area contributed by atoms with Gasteiger partial charge in [0.15, 0.2) is 0 Å². The summed E-state index contributed by atoms with van der Waals surface area (Å²) in [4.78, 5) is 2.57. The zero-order chi connectivity index (χ0) is 12.6. The summed E-state index contributed by atoms with van der Waals surface area (Å²) in [5.74, 6) is 0.909. The molecule has 0 saturated heterocycles. The van der Waals surface area contributed by atoms with Crippen molar-refractivity contribution in [2.75, 3.05) is 18.0 Å². The third-order valence-corrected chi connectivity index (χ3v) is 4.93. The van der Waals surface area contributed by atoms with Crippen molar-refractivity contribution < 1.29 is 0 Å². The highest BCUT2D eigenvalue weighted by Gasteiger charge is 2.37. The zero-order valence-electron chi connectivity index (χ0n) is 11.4. The Labute approximate surface area is 110 Å². The lowest BCUT2D eigenvalue weighted by molar-refractivity contribution is 0.230. The maximum absolute atomic E-state index is 6.13. The molecule has 1 aliphatic carbocycles. The number of anilines is 1. The van der Waals surface area contributed by atoms with Crippen LogP contribution in [0.1, 0.15) is 38.2 Å². The Morgan fingerprint density at radius 3 is 2.78 bits per heavy atom. The number of nitrogens with two attached hydrogens (primary N) is 1. The summed E-state index contributed by atoms with van der Waals surface area (Å²) < 4.78 is 0. The van der Waals surface area contributed by atoms with Crippen LogP contribution in [0.3, 0.4) is 0 Å². The lowest BCUT2D eigenvalue weighted by Gasteiger charge is -2.44. The van der Waals surface area contributed by atoms with Crippen LogP contribution in [0.15, 0.2) is 24.3 Å². The molecule has 1 heterocycles. The van der Waals surface area contributed by atoms with Crippen LogP contribution in [0.25, 0.3) is 0 Å². The quantitative estimate of drug-likeness (QED) is 0.882. The average Bonchev–Trinajstić information content (AvgIpc) is 2.78. The van der Waals surface area contributed by atoms with Crippen LogP contribution in [-0.2, 0) is 6.42 Å². The molecule has 0 bridgehead atoms. The molecule has 3 rings (SSSR count). The van der Waals surface area contributed by atoms with E-state index in [2.05, 4.69) is 36.1 Å². The van der Waals surface area contributed by atoms with Gasteiger partial charge in [-0.25, -0.2) is 0 Å². The molecule has 1 aromatic rings. The molecule has 0 radical (unpaired) electrons. The number of fused-ring (bicyclic) bond motifs is 1. The summed E-state index contributed by atoms with van der Waals surface area (Å²) in [7, 11) is 0. The fourth-order valence-electron chi connectivity index (χ4n) is 3.52. The van der Waals surface area contributed by atoms with E-state index >= 15 is 0 Å². The maximum Gasteiger partial charge on any atom is 0.0499 e. The summed E-state index contributed by atoms with van der Waals surface area (Å²) >= 11 is 0. The molecule has 0 amide bonds. The van der Waals surface area contributed by atoms with Gasteiger partial charge < -0.3 is 10.6 Å². The smallest absolute Gasteiger partial charge is 0.0499 e. The Morgan fingerprint density at radius 1 is 1.33 bits per heavy atom. The molecule has 0 spiro atoms. The highest BCUT2D eigenvalue weighted by atomic mass is 15.2. The molecule has 1 unspecified atom stereocenters. The van der Waals surface area contributed by atoms with Gasteiger partial charge in [0.1, 0.15) is 0 Å². The fourth-order valence-corrected chi connectivity index (χ4v) is 3.52. The van der Waals surface area contributed by atoms with Crippen LogP contribution >= 0.6 is 0 Å². The minimum absolute atomic E-state index is 0.150. The van der Waals surface area contributed by atoms with Crippen molar-refractivity contribution in [2.24, 2.45) is 11.7 Å². The van der Waals surface area contributed by atoms with Crippen LogP contribution in [0.4, 0.5) is 5.69 Å². The van der Waals surface area contributed by atoms with E-state index in [1.807, 2.05) is 0 Å². The molecule has 1 saturated carbocycles. The Hall–Kier alpha value is -1.02. The van der Waals surface area contributed by atoms with Crippen molar-refractivity contribution >= 4 is 5.69 Å². The number of benzene rings is 1. The molecule has 1 atom stereocenters. The minimum atomic E-state index is 0.150. The van der Waals surface area contributed by atoms with Gasteiger partial charge in [0, 0.05) is 24.3 Å². The topological polar surface area (TPSA) is 29.3 Å². The average molecular weight is 244 g/mol. The number of hydrogen-bond donors (Lipinski definition) is 1. The molecule has 98 valence electrons. The Balaban J connectivity index is 1.83. The van der Waals surface area contributed by atoms with E-state index in [9.17, 15) is 0 Å². The monoisotopic (exact) mass is 244 g/mol. The van der Waals surface area contributed by atoms with Crippen LogP contribution in [0, 0.1) is 5.92 Å². The molecule has 18 heavy (non-hydrogen) atoms. The van der Waals surface area contributed by atoms with Gasteiger partial charge in [-0.15, -0.1) is 0 Å². The van der Waals surface area contributed by atoms with Gasteiger partial charge in [0.25, 0.3) is 0 Å². The fraction of sp³-hybridized carbons (Fsp3) is 0.625. The van der Waals surface area contributed by atoms with Crippen LogP contribution in [0.5, 0.6) is 0 Å². The third kappa shape index (κ3) is 1.93. The minimum Gasteiger partial charge on any atom is -0.364 e. The predicted molar refractivity (Wildman–Crippen MR) is 76.9 cm³/mol. The summed E-state index contributed by atoms with van der Waals surface area (Å²) in [5.41, 5.74) is 9.19. The molecule has 1 aliphatic heterocycles. The van der Waals surface area contributed by atoms with Crippen molar-refractivity contribution in [3.8, 4) is 0 Å². The van der Waals surface area contributed by atoms with Gasteiger partial charge in [0.05, 0.1) is 0 Å². The van der Waals surface area contributed by atoms with E-state index in [0.717, 1.165) is 19.0 Å². The van der Waals surface area contributed by atoms with E-state index < -0.39 is 0 Å². The largest absolute Gasteiger partial charge is 0.364 e. The first-order valence-electron chi connectivity index (χ1n) is 7.28. The Kier molecular flexibility index (Phi) is 3.06. The molecule has 1 fully saturated rings. The van der Waals surface area contributed by atoms with E-state index in [1.165, 1.54) is 43.4 Å². The second kappa shape index (κ2) is 4.58. The highest BCUT2D eigenvalue weighted by molar-refractivity contribution is 5.59. The van der Waals surface area contributed by atoms with Crippen LogP contribution < -0.4 is 10.6 Å². The van der Waals surface area contributed by atoms with E-state index in [4.69, 9.17) is 5.73 Å². The molecule has 2 nitrogen and oxygen atoms in total. The van der Waals surface area contributed by atoms with Gasteiger partial charge in [-0.2, -0.15) is 0 Å². The molecule has 2 N–H and O–H groups in total. The van der Waals surface area contributed by atoms with Gasteiger partial charge in [-0.3, -0.25) is 0 Å². The highest BCUT2D eigenvalue weighted by Crippen LogP contribution is 2.40. The first kappa shape index (κ1) is 12.0. The predicted octanol–water partition coefficient (Wildman–Crippen LogP) is 2.96. The molecule has 2 heteroatoms. The Bertz CT molecular complexity index is 425. The molecular formula is C16H24N2. The number of rotatable bonds is 4. The number of para-hydroxylation sites is 1. The van der Waals surface area contributed by atoms with Crippen molar-refractivity contribution in [3.63, 3.8) is 0 Å². The number of hydrogen-bond acceptors (Lipinski definition) is 2. The second-order valence-electron chi connectivity index (χ2n) is 6.23. The summed E-state index contributed by atoms with van der Waals surface area (Å²) in [6.45, 7) is 4.25. The van der Waals surface area contributed by atoms with Crippen molar-refractivity contribution in [3.05, 3.63) is 29.8 Å². The maximum atomic E-state index is 6.13. The standard InChI is InChI=1S/C16H24N2/c1-16(12-17,11-13-5-4-6-13)18-10-9-14-7-2-3-8-15(14)18/h2-3,7-8,13H,4-6,9-12,17H2,1H3. The number of nitrogens with zero attached hydrogens (tertiary/aromatic N) is 1. The van der Waals surface area contributed by atoms with Gasteiger partial charge in [0.2, 0.25) is 0 Å². The molecule has 2 aliphatic rings. The van der Waals surface area contributed by atoms with Gasteiger partial charge in [-0.1, -0.05) is 37.5 Å². The van der Waals surface area contributed by atoms with Gasteiger partial charge >= 0.3 is 0 Å². The first-order valence-corrected chi connectivity index (χ1v) is 7.28. The first-order chi connectivity index (χ1) is 8.73. The Morgan fingerprint density at radius 2 is 2.11 bits per heavy atom. The van der Waals surface area contributed by atoms with Gasteiger partial charge in [-0.05, 0) is 37.3 Å². The normalized spacial score (nSPS) is 22.4. The molecule has 1 aromatic carbocycles. The molecule has 0 aromatic heterocycles.